The number of sulfonamides is 1. The predicted molar refractivity (Wildman–Crippen MR) is 185 cm³/mol. The van der Waals surface area contributed by atoms with Crippen molar-refractivity contribution in [3.05, 3.63) is 125 Å². The highest BCUT2D eigenvalue weighted by atomic mass is 35.5. The molecule has 1 atom stereocenters. The average Bonchev–Trinajstić information content (AvgIpc) is 3.10. The van der Waals surface area contributed by atoms with Crippen LogP contribution < -0.4 is 14.4 Å². The monoisotopic (exact) mass is 691 g/mol. The van der Waals surface area contributed by atoms with Crippen LogP contribution in [0.5, 0.6) is 5.75 Å². The maximum atomic E-state index is 15.1. The predicted octanol–water partition coefficient (Wildman–Crippen LogP) is 6.77. The summed E-state index contributed by atoms with van der Waals surface area (Å²) in [6.07, 6.45) is 4.88. The van der Waals surface area contributed by atoms with Crippen LogP contribution in [0.1, 0.15) is 43.2 Å². The first kappa shape index (κ1) is 34.9. The molecule has 1 saturated carbocycles. The lowest BCUT2D eigenvalue weighted by Gasteiger charge is -2.35. The summed E-state index contributed by atoms with van der Waals surface area (Å²) in [5, 5.41) is 3.53. The van der Waals surface area contributed by atoms with Crippen LogP contribution >= 0.6 is 11.6 Å². The number of amides is 2. The summed E-state index contributed by atoms with van der Waals surface area (Å²) >= 11 is 6.14. The zero-order valence-corrected chi connectivity index (χ0v) is 28.3. The molecule has 2 amide bonds. The van der Waals surface area contributed by atoms with Gasteiger partial charge in [0.05, 0.1) is 17.7 Å². The van der Waals surface area contributed by atoms with Gasteiger partial charge < -0.3 is 15.0 Å². The zero-order chi connectivity index (χ0) is 34.1. The van der Waals surface area contributed by atoms with Crippen LogP contribution in [-0.2, 0) is 32.6 Å². The number of hydrogen-bond acceptors (Lipinski definition) is 5. The third kappa shape index (κ3) is 8.73. The molecule has 0 heterocycles. The van der Waals surface area contributed by atoms with Crippen molar-refractivity contribution < 1.29 is 27.1 Å². The Hall–Kier alpha value is -4.41. The normalized spacial score (nSPS) is 14.1. The highest BCUT2D eigenvalue weighted by Gasteiger charge is 2.35. The number of hydrogen-bond donors (Lipinski definition) is 1. The van der Waals surface area contributed by atoms with Crippen molar-refractivity contribution in [1.82, 2.24) is 10.2 Å². The van der Waals surface area contributed by atoms with Gasteiger partial charge in [0.25, 0.3) is 10.0 Å². The van der Waals surface area contributed by atoms with Crippen LogP contribution in [0.15, 0.2) is 108 Å². The molecule has 0 bridgehead atoms. The molecule has 0 unspecified atom stereocenters. The van der Waals surface area contributed by atoms with E-state index in [2.05, 4.69) is 5.32 Å². The Bertz CT molecular complexity index is 1780. The van der Waals surface area contributed by atoms with E-state index in [-0.39, 0.29) is 41.1 Å². The standard InChI is InChI=1S/C37H39ClFN3O5S/c1-47-32-20-22-33(23-21-32)48(45,46)42(31-18-16-29(38)17-19-31)26-36(43)41(25-28-12-8-9-15-34(28)39)35(24-27-10-4-2-5-11-27)37(44)40-30-13-6-3-7-14-30/h2,4-5,8-12,15-23,30,35H,3,6-7,13-14,24-26H2,1H3,(H,40,44)/t35-/m0/s1. The van der Waals surface area contributed by atoms with Crippen molar-refractivity contribution in [2.75, 3.05) is 18.0 Å². The fourth-order valence-electron chi connectivity index (χ4n) is 5.92. The summed E-state index contributed by atoms with van der Waals surface area (Å²) < 4.78 is 49.7. The van der Waals surface area contributed by atoms with Crippen molar-refractivity contribution in [2.24, 2.45) is 0 Å². The lowest BCUT2D eigenvalue weighted by molar-refractivity contribution is -0.140. The number of nitrogens with one attached hydrogen (secondary N) is 1. The third-order valence-corrected chi connectivity index (χ3v) is 10.6. The Labute approximate surface area is 286 Å². The fourth-order valence-corrected chi connectivity index (χ4v) is 7.46. The van der Waals surface area contributed by atoms with Gasteiger partial charge in [0.2, 0.25) is 11.8 Å². The molecule has 252 valence electrons. The quantitative estimate of drug-likeness (QED) is 0.167. The van der Waals surface area contributed by atoms with E-state index in [1.807, 2.05) is 30.3 Å². The van der Waals surface area contributed by atoms with E-state index in [1.165, 1.54) is 66.6 Å². The summed E-state index contributed by atoms with van der Waals surface area (Å²) in [7, 11) is -2.84. The van der Waals surface area contributed by atoms with E-state index in [9.17, 15) is 18.0 Å². The third-order valence-electron chi connectivity index (χ3n) is 8.56. The largest absolute Gasteiger partial charge is 0.497 e. The maximum absolute atomic E-state index is 15.1. The Morgan fingerprint density at radius 1 is 0.896 bits per heavy atom. The van der Waals surface area contributed by atoms with E-state index < -0.39 is 34.3 Å². The van der Waals surface area contributed by atoms with E-state index in [0.717, 1.165) is 42.0 Å². The molecule has 1 aliphatic carbocycles. The van der Waals surface area contributed by atoms with Crippen molar-refractivity contribution in [3.63, 3.8) is 0 Å². The number of anilines is 1. The fraction of sp³-hybridized carbons (Fsp3) is 0.297. The van der Waals surface area contributed by atoms with Crippen molar-refractivity contribution in [2.45, 2.75) is 62.0 Å². The van der Waals surface area contributed by atoms with Gasteiger partial charge in [-0.2, -0.15) is 0 Å². The van der Waals surface area contributed by atoms with Gasteiger partial charge in [0, 0.05) is 29.6 Å². The summed E-state index contributed by atoms with van der Waals surface area (Å²) in [4.78, 5) is 30.0. The Morgan fingerprint density at radius 2 is 1.54 bits per heavy atom. The van der Waals surface area contributed by atoms with E-state index in [4.69, 9.17) is 16.3 Å². The zero-order valence-electron chi connectivity index (χ0n) is 26.7. The van der Waals surface area contributed by atoms with Gasteiger partial charge >= 0.3 is 0 Å². The van der Waals surface area contributed by atoms with Gasteiger partial charge in [0.15, 0.2) is 0 Å². The minimum atomic E-state index is -4.32. The minimum Gasteiger partial charge on any atom is -0.497 e. The average molecular weight is 692 g/mol. The molecular weight excluding hydrogens is 653 g/mol. The summed E-state index contributed by atoms with van der Waals surface area (Å²) in [6.45, 7) is -0.912. The molecule has 4 aromatic rings. The lowest BCUT2D eigenvalue weighted by Crippen LogP contribution is -2.55. The highest BCUT2D eigenvalue weighted by molar-refractivity contribution is 7.92. The van der Waals surface area contributed by atoms with Crippen molar-refractivity contribution >= 4 is 39.1 Å². The molecule has 0 saturated heterocycles. The first-order chi connectivity index (χ1) is 23.2. The van der Waals surface area contributed by atoms with Crippen molar-refractivity contribution in [1.29, 1.82) is 0 Å². The molecule has 5 rings (SSSR count). The molecule has 0 aromatic heterocycles. The van der Waals surface area contributed by atoms with Gasteiger partial charge in [-0.3, -0.25) is 13.9 Å². The number of ether oxygens (including phenoxy) is 1. The number of nitrogens with zero attached hydrogens (tertiary/aromatic N) is 2. The van der Waals surface area contributed by atoms with Crippen LogP contribution in [0, 0.1) is 5.82 Å². The molecule has 11 heteroatoms. The van der Waals surface area contributed by atoms with Crippen LogP contribution in [0.2, 0.25) is 5.02 Å². The smallest absolute Gasteiger partial charge is 0.264 e. The Kier molecular flexibility index (Phi) is 11.7. The van der Waals surface area contributed by atoms with E-state index in [1.54, 1.807) is 18.2 Å². The lowest BCUT2D eigenvalue weighted by atomic mass is 9.94. The number of rotatable bonds is 13. The van der Waals surface area contributed by atoms with Gasteiger partial charge in [-0.15, -0.1) is 0 Å². The first-order valence-corrected chi connectivity index (χ1v) is 17.8. The molecule has 0 aliphatic heterocycles. The number of benzene rings is 4. The summed E-state index contributed by atoms with van der Waals surface area (Å²) in [5.74, 6) is -1.12. The van der Waals surface area contributed by atoms with Gasteiger partial charge in [-0.25, -0.2) is 12.8 Å². The number of methoxy groups -OCH3 is 1. The number of carbonyl (C=O) groups excluding carboxylic acids is 2. The molecule has 4 aromatic carbocycles. The molecule has 1 N–H and O–H groups in total. The minimum absolute atomic E-state index is 0.0454. The molecule has 1 fully saturated rings. The maximum Gasteiger partial charge on any atom is 0.264 e. The molecule has 0 spiro atoms. The Balaban J connectivity index is 1.56. The van der Waals surface area contributed by atoms with Crippen LogP contribution in [0.3, 0.4) is 0 Å². The van der Waals surface area contributed by atoms with E-state index in [0.29, 0.717) is 10.8 Å². The van der Waals surface area contributed by atoms with Gasteiger partial charge in [-0.05, 0) is 73.0 Å². The number of halogens is 2. The van der Waals surface area contributed by atoms with E-state index >= 15 is 4.39 Å². The van der Waals surface area contributed by atoms with Gasteiger partial charge in [0.1, 0.15) is 24.2 Å². The van der Waals surface area contributed by atoms with Gasteiger partial charge in [-0.1, -0.05) is 79.4 Å². The topological polar surface area (TPSA) is 96.0 Å². The van der Waals surface area contributed by atoms with Crippen LogP contribution in [-0.4, -0.2) is 50.9 Å². The molecular formula is C37H39ClFN3O5S. The highest BCUT2D eigenvalue weighted by Crippen LogP contribution is 2.28. The van der Waals surface area contributed by atoms with Crippen LogP contribution in [0.4, 0.5) is 10.1 Å². The molecule has 0 radical (unpaired) electrons. The first-order valence-electron chi connectivity index (χ1n) is 16.0. The summed E-state index contributed by atoms with van der Waals surface area (Å²) in [5.41, 5.74) is 1.19. The molecule has 48 heavy (non-hydrogen) atoms. The molecule has 8 nitrogen and oxygen atoms in total. The SMILES string of the molecule is COc1ccc(S(=O)(=O)N(CC(=O)N(Cc2ccccc2F)[C@@H](Cc2ccccc2)C(=O)NC2CCCCC2)c2ccc(Cl)cc2)cc1. The summed E-state index contributed by atoms with van der Waals surface area (Å²) in [6, 6.07) is 26.1. The van der Waals surface area contributed by atoms with Crippen LogP contribution in [0.25, 0.3) is 0 Å². The van der Waals surface area contributed by atoms with Crippen molar-refractivity contribution in [3.8, 4) is 5.75 Å². The number of carbonyl (C=O) groups is 2. The Morgan fingerprint density at radius 3 is 2.19 bits per heavy atom. The second-order valence-electron chi connectivity index (χ2n) is 11.8. The second kappa shape index (κ2) is 16.1. The second-order valence-corrected chi connectivity index (χ2v) is 14.1. The molecule has 1 aliphatic rings.